The standard InChI is InChI=1S/C22H26FN7O/c1-12-6-7-31-20(23)15(12)9-25-22-26-10-16(18-8-13(2)28-29(18)3)21-27-17(11-30(21)22)19(24)14-4-5-14/h8,10-11,14,19H,1,4-7,9,24H2,2-3H3,(H,25,26). The first kappa shape index (κ1) is 19.7. The summed E-state index contributed by atoms with van der Waals surface area (Å²) in [6.07, 6.45) is 6.56. The summed E-state index contributed by atoms with van der Waals surface area (Å²) in [5.74, 6) is 1.02. The quantitative estimate of drug-likeness (QED) is 0.631. The van der Waals surface area contributed by atoms with Gasteiger partial charge in [0.1, 0.15) is 0 Å². The van der Waals surface area contributed by atoms with Crippen LogP contribution in [0.5, 0.6) is 0 Å². The molecule has 0 radical (unpaired) electrons. The van der Waals surface area contributed by atoms with Crippen LogP contribution in [-0.4, -0.2) is 37.3 Å². The molecule has 162 valence electrons. The van der Waals surface area contributed by atoms with Gasteiger partial charge >= 0.3 is 0 Å². The van der Waals surface area contributed by atoms with Crippen LogP contribution >= 0.6 is 0 Å². The molecule has 31 heavy (non-hydrogen) atoms. The Morgan fingerprint density at radius 3 is 2.90 bits per heavy atom. The minimum Gasteiger partial charge on any atom is -0.470 e. The van der Waals surface area contributed by atoms with Crippen LogP contribution in [0.4, 0.5) is 10.3 Å². The molecule has 0 saturated heterocycles. The van der Waals surface area contributed by atoms with Gasteiger partial charge in [0.15, 0.2) is 5.65 Å². The van der Waals surface area contributed by atoms with Gasteiger partial charge in [-0.2, -0.15) is 9.49 Å². The molecule has 3 aromatic heterocycles. The molecule has 0 aromatic carbocycles. The summed E-state index contributed by atoms with van der Waals surface area (Å²) < 4.78 is 22.9. The van der Waals surface area contributed by atoms with Crippen molar-refractivity contribution in [3.63, 3.8) is 0 Å². The van der Waals surface area contributed by atoms with Crippen molar-refractivity contribution in [2.24, 2.45) is 18.7 Å². The maximum Gasteiger partial charge on any atom is 0.278 e. The average Bonchev–Trinajstić information content (AvgIpc) is 3.39. The van der Waals surface area contributed by atoms with Gasteiger partial charge < -0.3 is 15.8 Å². The monoisotopic (exact) mass is 423 g/mol. The lowest BCUT2D eigenvalue weighted by atomic mass is 10.0. The zero-order chi connectivity index (χ0) is 21.7. The number of aromatic nitrogens is 5. The first-order chi connectivity index (χ1) is 14.9. The molecule has 3 aromatic rings. The van der Waals surface area contributed by atoms with Crippen LogP contribution in [0.15, 0.2) is 42.2 Å². The summed E-state index contributed by atoms with van der Waals surface area (Å²) >= 11 is 0. The number of imidazole rings is 1. The van der Waals surface area contributed by atoms with E-state index in [1.54, 1.807) is 6.20 Å². The third kappa shape index (κ3) is 3.59. The molecule has 9 heteroatoms. The van der Waals surface area contributed by atoms with E-state index in [1.807, 2.05) is 35.3 Å². The van der Waals surface area contributed by atoms with Crippen LogP contribution in [0.3, 0.4) is 0 Å². The van der Waals surface area contributed by atoms with Crippen molar-refractivity contribution in [1.82, 2.24) is 24.1 Å². The number of rotatable bonds is 6. The molecule has 2 aliphatic rings. The van der Waals surface area contributed by atoms with Crippen molar-refractivity contribution in [2.45, 2.75) is 32.2 Å². The van der Waals surface area contributed by atoms with Gasteiger partial charge in [0.25, 0.3) is 6.01 Å². The highest BCUT2D eigenvalue weighted by Crippen LogP contribution is 2.39. The van der Waals surface area contributed by atoms with Gasteiger partial charge in [-0.1, -0.05) is 6.58 Å². The predicted octanol–water partition coefficient (Wildman–Crippen LogP) is 3.42. The maximum absolute atomic E-state index is 14.1. The Morgan fingerprint density at radius 1 is 1.42 bits per heavy atom. The summed E-state index contributed by atoms with van der Waals surface area (Å²) in [6, 6.07) is 1.31. The molecule has 0 amide bonds. The largest absolute Gasteiger partial charge is 0.470 e. The van der Waals surface area contributed by atoms with E-state index in [4.69, 9.17) is 15.5 Å². The van der Waals surface area contributed by atoms with Crippen molar-refractivity contribution in [1.29, 1.82) is 0 Å². The van der Waals surface area contributed by atoms with Crippen molar-refractivity contribution in [2.75, 3.05) is 18.5 Å². The minimum atomic E-state index is -0.580. The molecule has 1 atom stereocenters. The number of fused-ring (bicyclic) bond motifs is 1. The van der Waals surface area contributed by atoms with Crippen LogP contribution in [0.2, 0.25) is 0 Å². The number of hydrogen-bond acceptors (Lipinski definition) is 6. The van der Waals surface area contributed by atoms with E-state index < -0.39 is 6.01 Å². The van der Waals surface area contributed by atoms with E-state index in [9.17, 15) is 4.39 Å². The lowest BCUT2D eigenvalue weighted by molar-refractivity contribution is 0.134. The highest BCUT2D eigenvalue weighted by molar-refractivity contribution is 5.76. The summed E-state index contributed by atoms with van der Waals surface area (Å²) in [6.45, 7) is 6.45. The second kappa shape index (κ2) is 7.49. The third-order valence-corrected chi connectivity index (χ3v) is 5.98. The van der Waals surface area contributed by atoms with E-state index in [0.29, 0.717) is 30.5 Å². The van der Waals surface area contributed by atoms with Crippen LogP contribution in [0.1, 0.15) is 36.7 Å². The van der Waals surface area contributed by atoms with E-state index >= 15 is 0 Å². The predicted molar refractivity (Wildman–Crippen MR) is 116 cm³/mol. The summed E-state index contributed by atoms with van der Waals surface area (Å²) in [5.41, 5.74) is 11.9. The molecule has 1 fully saturated rings. The fourth-order valence-electron chi connectivity index (χ4n) is 4.03. The lowest BCUT2D eigenvalue weighted by Gasteiger charge is -2.19. The van der Waals surface area contributed by atoms with Gasteiger partial charge in [-0.25, -0.2) is 9.97 Å². The molecule has 8 nitrogen and oxygen atoms in total. The normalized spacial score (nSPS) is 17.9. The number of aryl methyl sites for hydroxylation is 2. The van der Waals surface area contributed by atoms with Gasteiger partial charge in [-0.3, -0.25) is 9.08 Å². The zero-order valence-corrected chi connectivity index (χ0v) is 17.7. The highest BCUT2D eigenvalue weighted by Gasteiger charge is 2.31. The van der Waals surface area contributed by atoms with Crippen molar-refractivity contribution in [3.8, 4) is 11.3 Å². The molecule has 4 heterocycles. The molecule has 0 bridgehead atoms. The van der Waals surface area contributed by atoms with Gasteiger partial charge in [-0.15, -0.1) is 0 Å². The second-order valence-electron chi connectivity index (χ2n) is 8.32. The molecular weight excluding hydrogens is 397 g/mol. The Labute approximate surface area is 179 Å². The number of nitrogens with one attached hydrogen (secondary N) is 1. The first-order valence-corrected chi connectivity index (χ1v) is 10.5. The lowest BCUT2D eigenvalue weighted by Crippen LogP contribution is -2.16. The number of ether oxygens (including phenoxy) is 1. The van der Waals surface area contributed by atoms with E-state index in [1.165, 1.54) is 0 Å². The summed E-state index contributed by atoms with van der Waals surface area (Å²) in [5, 5.41) is 7.67. The molecule has 1 aliphatic carbocycles. The number of anilines is 1. The molecule has 1 saturated carbocycles. The van der Waals surface area contributed by atoms with Gasteiger partial charge in [0.05, 0.1) is 35.3 Å². The Balaban J connectivity index is 1.56. The maximum atomic E-state index is 14.1. The average molecular weight is 423 g/mol. The van der Waals surface area contributed by atoms with Crippen LogP contribution < -0.4 is 11.1 Å². The molecule has 1 aliphatic heterocycles. The molecular formula is C22H26FN7O. The number of nitrogens with two attached hydrogens (primary N) is 1. The number of nitrogens with zero attached hydrogens (tertiary/aromatic N) is 5. The highest BCUT2D eigenvalue weighted by atomic mass is 19.1. The summed E-state index contributed by atoms with van der Waals surface area (Å²) in [7, 11) is 1.90. The van der Waals surface area contributed by atoms with E-state index in [2.05, 4.69) is 22.0 Å². The van der Waals surface area contributed by atoms with Gasteiger partial charge in [0, 0.05) is 38.0 Å². The molecule has 5 rings (SSSR count). The fourth-order valence-corrected chi connectivity index (χ4v) is 4.03. The molecule has 0 spiro atoms. The SMILES string of the molecule is C=C1CCOC(F)=C1CNc1ncc(-c2cc(C)nn2C)c2nc(C(N)C3CC3)cn12. The van der Waals surface area contributed by atoms with Crippen molar-refractivity contribution < 1.29 is 9.13 Å². The van der Waals surface area contributed by atoms with E-state index in [0.717, 1.165) is 46.7 Å². The Hall–Kier alpha value is -3.20. The van der Waals surface area contributed by atoms with Gasteiger partial charge in [0.2, 0.25) is 5.95 Å². The third-order valence-electron chi connectivity index (χ3n) is 5.98. The number of hydrogen-bond donors (Lipinski definition) is 2. The van der Waals surface area contributed by atoms with Crippen molar-refractivity contribution >= 4 is 11.6 Å². The van der Waals surface area contributed by atoms with Crippen LogP contribution in [0.25, 0.3) is 16.9 Å². The smallest absolute Gasteiger partial charge is 0.278 e. The second-order valence-corrected chi connectivity index (χ2v) is 8.32. The zero-order valence-electron chi connectivity index (χ0n) is 17.7. The van der Waals surface area contributed by atoms with Crippen LogP contribution in [-0.2, 0) is 11.8 Å². The number of halogens is 1. The topological polar surface area (TPSA) is 95.3 Å². The Kier molecular flexibility index (Phi) is 4.77. The van der Waals surface area contributed by atoms with Gasteiger partial charge in [-0.05, 0) is 37.3 Å². The van der Waals surface area contributed by atoms with E-state index in [-0.39, 0.29) is 12.6 Å². The van der Waals surface area contributed by atoms with Crippen molar-refractivity contribution in [3.05, 3.63) is 53.6 Å². The molecule has 3 N–H and O–H groups in total. The van der Waals surface area contributed by atoms with Crippen LogP contribution in [0, 0.1) is 12.8 Å². The first-order valence-electron chi connectivity index (χ1n) is 10.5. The summed E-state index contributed by atoms with van der Waals surface area (Å²) in [4.78, 5) is 9.49. The minimum absolute atomic E-state index is 0.111. The fraction of sp³-hybridized carbons (Fsp3) is 0.409. The Morgan fingerprint density at radius 2 is 2.23 bits per heavy atom. The Bertz CT molecular complexity index is 1200. The molecule has 1 unspecified atom stereocenters.